The van der Waals surface area contributed by atoms with Crippen LogP contribution in [0.2, 0.25) is 0 Å². The van der Waals surface area contributed by atoms with Gasteiger partial charge in [-0.15, -0.1) is 0 Å². The van der Waals surface area contributed by atoms with Crippen LogP contribution < -0.4 is 11.2 Å². The number of aromatic nitrogens is 4. The lowest BCUT2D eigenvalue weighted by Gasteiger charge is -2.14. The molecule has 1 fully saturated rings. The van der Waals surface area contributed by atoms with Crippen molar-refractivity contribution in [1.82, 2.24) is 19.1 Å². The Labute approximate surface area is 176 Å². The molecule has 1 N–H and O–H groups in total. The molecule has 1 atom stereocenters. The zero-order chi connectivity index (χ0) is 21.4. The number of ether oxygens (including phenoxy) is 1. The molecule has 31 heavy (non-hydrogen) atoms. The van der Waals surface area contributed by atoms with Crippen molar-refractivity contribution in [1.29, 1.82) is 0 Å². The molecule has 0 bridgehead atoms. The number of hydrogen-bond acceptors (Lipinski definition) is 4. The van der Waals surface area contributed by atoms with E-state index in [4.69, 9.17) is 9.72 Å². The van der Waals surface area contributed by atoms with Crippen LogP contribution in [0.15, 0.2) is 64.2 Å². The van der Waals surface area contributed by atoms with Crippen molar-refractivity contribution < 1.29 is 9.13 Å². The van der Waals surface area contributed by atoms with E-state index < -0.39 is 11.2 Å². The number of nitrogens with zero attached hydrogens (tertiary/aromatic N) is 3. The summed E-state index contributed by atoms with van der Waals surface area (Å²) in [5.74, 6) is 0.146. The second-order valence-corrected chi connectivity index (χ2v) is 7.69. The highest BCUT2D eigenvalue weighted by atomic mass is 19.1. The number of H-pyrrole nitrogens is 1. The first-order valence-electron chi connectivity index (χ1n) is 10.2. The Balaban J connectivity index is 1.73. The van der Waals surface area contributed by atoms with E-state index in [9.17, 15) is 14.0 Å². The fraction of sp³-hybridized carbons (Fsp3) is 0.261. The standard InChI is InChI=1S/C23H21FN4O3/c24-17-10-8-16(9-11-17)20-25-21-19(27(20)14-18-7-4-12-31-18)22(29)26-23(30)28(21)13-15-5-2-1-3-6-15/h1-3,5-6,8-11,18H,4,7,12-14H2,(H,26,29,30)/t18-/m0/s1. The number of aromatic amines is 1. The summed E-state index contributed by atoms with van der Waals surface area (Å²) in [7, 11) is 0. The minimum absolute atomic E-state index is 0.0505. The van der Waals surface area contributed by atoms with Gasteiger partial charge in [0.15, 0.2) is 11.2 Å². The van der Waals surface area contributed by atoms with E-state index >= 15 is 0 Å². The third-order valence-electron chi connectivity index (χ3n) is 5.58. The third kappa shape index (κ3) is 3.70. The molecule has 0 spiro atoms. The predicted molar refractivity (Wildman–Crippen MR) is 115 cm³/mol. The minimum atomic E-state index is -0.520. The molecule has 4 aromatic rings. The highest BCUT2D eigenvalue weighted by Gasteiger charge is 2.24. The smallest absolute Gasteiger partial charge is 0.330 e. The Kier molecular flexibility index (Phi) is 4.99. The Morgan fingerprint density at radius 1 is 1.06 bits per heavy atom. The van der Waals surface area contributed by atoms with Gasteiger partial charge in [-0.1, -0.05) is 30.3 Å². The summed E-state index contributed by atoms with van der Waals surface area (Å²) in [4.78, 5) is 32.7. The van der Waals surface area contributed by atoms with Gasteiger partial charge < -0.3 is 9.30 Å². The van der Waals surface area contributed by atoms with E-state index in [0.29, 0.717) is 35.7 Å². The average molecular weight is 420 g/mol. The van der Waals surface area contributed by atoms with Crippen molar-refractivity contribution >= 4 is 11.2 Å². The van der Waals surface area contributed by atoms with Gasteiger partial charge in [-0.05, 0) is 42.7 Å². The number of rotatable bonds is 5. The van der Waals surface area contributed by atoms with Gasteiger partial charge in [0, 0.05) is 12.2 Å². The predicted octanol–water partition coefficient (Wildman–Crippen LogP) is 2.92. The number of halogens is 1. The molecule has 0 radical (unpaired) electrons. The van der Waals surface area contributed by atoms with E-state index in [1.165, 1.54) is 16.7 Å². The maximum atomic E-state index is 13.5. The summed E-state index contributed by atoms with van der Waals surface area (Å²) in [6.45, 7) is 1.38. The van der Waals surface area contributed by atoms with E-state index in [-0.39, 0.29) is 18.5 Å². The summed E-state index contributed by atoms with van der Waals surface area (Å²) in [6, 6.07) is 15.5. The van der Waals surface area contributed by atoms with Crippen LogP contribution in [-0.4, -0.2) is 31.8 Å². The van der Waals surface area contributed by atoms with Crippen LogP contribution in [0.4, 0.5) is 4.39 Å². The Hall–Kier alpha value is -3.52. The zero-order valence-electron chi connectivity index (χ0n) is 16.8. The molecule has 1 aliphatic heterocycles. The molecule has 0 unspecified atom stereocenters. The topological polar surface area (TPSA) is 81.9 Å². The van der Waals surface area contributed by atoms with Crippen LogP contribution in [0.5, 0.6) is 0 Å². The van der Waals surface area contributed by atoms with Crippen molar-refractivity contribution in [2.24, 2.45) is 0 Å². The number of hydrogen-bond donors (Lipinski definition) is 1. The second kappa shape index (κ2) is 7.96. The van der Waals surface area contributed by atoms with Crippen LogP contribution in [-0.2, 0) is 17.8 Å². The van der Waals surface area contributed by atoms with Crippen LogP contribution >= 0.6 is 0 Å². The van der Waals surface area contributed by atoms with E-state index in [1.807, 2.05) is 30.3 Å². The molecule has 2 aromatic carbocycles. The molecular formula is C23H21FN4O3. The summed E-state index contributed by atoms with van der Waals surface area (Å²) in [5.41, 5.74) is 1.17. The van der Waals surface area contributed by atoms with Crippen LogP contribution in [0.25, 0.3) is 22.6 Å². The third-order valence-corrected chi connectivity index (χ3v) is 5.58. The van der Waals surface area contributed by atoms with E-state index in [2.05, 4.69) is 4.98 Å². The number of fused-ring (bicyclic) bond motifs is 1. The molecule has 2 aromatic heterocycles. The largest absolute Gasteiger partial charge is 0.376 e. The van der Waals surface area contributed by atoms with Crippen LogP contribution in [0.1, 0.15) is 18.4 Å². The van der Waals surface area contributed by atoms with Gasteiger partial charge in [0.2, 0.25) is 0 Å². The number of imidazole rings is 1. The van der Waals surface area contributed by atoms with Crippen molar-refractivity contribution in [3.8, 4) is 11.4 Å². The maximum absolute atomic E-state index is 13.5. The van der Waals surface area contributed by atoms with Gasteiger partial charge in [-0.3, -0.25) is 14.3 Å². The van der Waals surface area contributed by atoms with Gasteiger partial charge in [-0.25, -0.2) is 14.2 Å². The Morgan fingerprint density at radius 3 is 2.55 bits per heavy atom. The molecule has 0 aliphatic carbocycles. The first kappa shape index (κ1) is 19.4. The fourth-order valence-electron chi connectivity index (χ4n) is 4.07. The lowest BCUT2D eigenvalue weighted by molar-refractivity contribution is 0.0982. The van der Waals surface area contributed by atoms with Gasteiger partial charge in [0.25, 0.3) is 5.56 Å². The first-order valence-corrected chi connectivity index (χ1v) is 10.2. The molecule has 3 heterocycles. The molecule has 0 amide bonds. The SMILES string of the molecule is O=c1[nH]c(=O)n(Cc2ccccc2)c2nc(-c3ccc(F)cc3)n(C[C@@H]3CCCO3)c12. The fourth-order valence-corrected chi connectivity index (χ4v) is 4.07. The van der Waals surface area contributed by atoms with Crippen molar-refractivity contribution in [3.63, 3.8) is 0 Å². The number of nitrogens with one attached hydrogen (secondary N) is 1. The maximum Gasteiger partial charge on any atom is 0.330 e. The van der Waals surface area contributed by atoms with E-state index in [1.54, 1.807) is 16.7 Å². The van der Waals surface area contributed by atoms with Crippen LogP contribution in [0, 0.1) is 5.82 Å². The van der Waals surface area contributed by atoms with Crippen molar-refractivity contribution in [3.05, 3.63) is 86.8 Å². The zero-order valence-corrected chi connectivity index (χ0v) is 16.8. The highest BCUT2D eigenvalue weighted by molar-refractivity contribution is 5.77. The molecule has 158 valence electrons. The van der Waals surface area contributed by atoms with E-state index in [0.717, 1.165) is 18.4 Å². The van der Waals surface area contributed by atoms with Crippen molar-refractivity contribution in [2.45, 2.75) is 32.0 Å². The molecule has 1 saturated heterocycles. The minimum Gasteiger partial charge on any atom is -0.376 e. The normalized spacial score (nSPS) is 16.2. The summed E-state index contributed by atoms with van der Waals surface area (Å²) >= 11 is 0. The lowest BCUT2D eigenvalue weighted by Crippen LogP contribution is -2.32. The molecule has 1 aliphatic rings. The molecule has 8 heteroatoms. The van der Waals surface area contributed by atoms with Gasteiger partial charge in [0.1, 0.15) is 11.6 Å². The Bertz CT molecular complexity index is 1330. The average Bonchev–Trinajstić information content (AvgIpc) is 3.41. The molecule has 0 saturated carbocycles. The summed E-state index contributed by atoms with van der Waals surface area (Å²) in [5, 5.41) is 0. The summed E-state index contributed by atoms with van der Waals surface area (Å²) in [6.07, 6.45) is 1.79. The molecular weight excluding hydrogens is 399 g/mol. The highest BCUT2D eigenvalue weighted by Crippen LogP contribution is 2.26. The molecule has 7 nitrogen and oxygen atoms in total. The van der Waals surface area contributed by atoms with Gasteiger partial charge >= 0.3 is 5.69 Å². The van der Waals surface area contributed by atoms with Gasteiger partial charge in [0.05, 0.1) is 19.2 Å². The number of benzene rings is 2. The monoisotopic (exact) mass is 420 g/mol. The van der Waals surface area contributed by atoms with Crippen LogP contribution in [0.3, 0.4) is 0 Å². The van der Waals surface area contributed by atoms with Gasteiger partial charge in [-0.2, -0.15) is 0 Å². The quantitative estimate of drug-likeness (QED) is 0.538. The molecule has 5 rings (SSSR count). The summed E-state index contributed by atoms with van der Waals surface area (Å²) < 4.78 is 22.5. The second-order valence-electron chi connectivity index (χ2n) is 7.69. The lowest BCUT2D eigenvalue weighted by atomic mass is 10.2. The first-order chi connectivity index (χ1) is 15.1. The Morgan fingerprint density at radius 2 is 1.84 bits per heavy atom. The van der Waals surface area contributed by atoms with Crippen molar-refractivity contribution in [2.75, 3.05) is 6.61 Å².